The number of nitrogens with zero attached hydrogens (tertiary/aromatic N) is 1. The predicted molar refractivity (Wildman–Crippen MR) is 65.7 cm³/mol. The highest BCUT2D eigenvalue weighted by molar-refractivity contribution is 7.87. The largest absolute Gasteiger partial charge is 0.392 e. The van der Waals surface area contributed by atoms with Crippen LogP contribution in [0.25, 0.3) is 0 Å². The fourth-order valence-corrected chi connectivity index (χ4v) is 4.11. The number of piperidine rings is 1. The molecule has 2 aliphatic rings. The first-order valence-corrected chi connectivity index (χ1v) is 7.73. The Labute approximate surface area is 103 Å². The summed E-state index contributed by atoms with van der Waals surface area (Å²) < 4.78 is 28.5. The number of aliphatic hydroxyl groups excluding tert-OH is 1. The summed E-state index contributed by atoms with van der Waals surface area (Å²) >= 11 is 0. The molecule has 2 fully saturated rings. The Morgan fingerprint density at radius 3 is 2.29 bits per heavy atom. The zero-order valence-electron chi connectivity index (χ0n) is 10.5. The molecular weight excluding hydrogens is 240 g/mol. The predicted octanol–water partition coefficient (Wildman–Crippen LogP) is 0.466. The SMILES string of the molecule is CC1(C)C(O)CC1NS(=O)(=O)N1CCCCC1. The van der Waals surface area contributed by atoms with E-state index in [1.54, 1.807) is 0 Å². The Kier molecular flexibility index (Phi) is 3.51. The van der Waals surface area contributed by atoms with Gasteiger partial charge in [0.2, 0.25) is 0 Å². The van der Waals surface area contributed by atoms with Gasteiger partial charge >= 0.3 is 0 Å². The Morgan fingerprint density at radius 2 is 1.82 bits per heavy atom. The lowest BCUT2D eigenvalue weighted by molar-refractivity contribution is -0.0649. The third-order valence-corrected chi connectivity index (χ3v) is 5.79. The van der Waals surface area contributed by atoms with E-state index in [4.69, 9.17) is 0 Å². The minimum atomic E-state index is -3.37. The zero-order valence-corrected chi connectivity index (χ0v) is 11.3. The van der Waals surface area contributed by atoms with Crippen molar-refractivity contribution in [1.29, 1.82) is 0 Å². The van der Waals surface area contributed by atoms with E-state index in [-0.39, 0.29) is 11.5 Å². The van der Waals surface area contributed by atoms with Crippen LogP contribution >= 0.6 is 0 Å². The van der Waals surface area contributed by atoms with Gasteiger partial charge in [-0.05, 0) is 19.3 Å². The van der Waals surface area contributed by atoms with Crippen molar-refractivity contribution in [2.75, 3.05) is 13.1 Å². The van der Waals surface area contributed by atoms with Crippen LogP contribution in [0.4, 0.5) is 0 Å². The summed E-state index contributed by atoms with van der Waals surface area (Å²) in [5.41, 5.74) is -0.358. The number of aliphatic hydroxyl groups is 1. The summed E-state index contributed by atoms with van der Waals surface area (Å²) in [6.45, 7) is 5.02. The first-order valence-electron chi connectivity index (χ1n) is 6.29. The molecule has 1 aliphatic carbocycles. The van der Waals surface area contributed by atoms with Crippen LogP contribution in [0.2, 0.25) is 0 Å². The van der Waals surface area contributed by atoms with Crippen LogP contribution in [0.15, 0.2) is 0 Å². The number of rotatable bonds is 3. The van der Waals surface area contributed by atoms with Gasteiger partial charge in [-0.25, -0.2) is 0 Å². The average molecular weight is 262 g/mol. The van der Waals surface area contributed by atoms with Gasteiger partial charge in [0.25, 0.3) is 10.2 Å². The maximum Gasteiger partial charge on any atom is 0.279 e. The minimum absolute atomic E-state index is 0.149. The Morgan fingerprint density at radius 1 is 1.24 bits per heavy atom. The van der Waals surface area contributed by atoms with E-state index in [0.29, 0.717) is 19.5 Å². The second-order valence-electron chi connectivity index (χ2n) is 5.71. The summed E-state index contributed by atoms with van der Waals surface area (Å²) in [5.74, 6) is 0. The summed E-state index contributed by atoms with van der Waals surface area (Å²) in [6.07, 6.45) is 3.10. The van der Waals surface area contributed by atoms with Crippen molar-refractivity contribution in [3.05, 3.63) is 0 Å². The molecule has 1 aliphatic heterocycles. The summed E-state index contributed by atoms with van der Waals surface area (Å²) in [5, 5.41) is 9.60. The summed E-state index contributed by atoms with van der Waals surface area (Å²) in [7, 11) is -3.37. The molecular formula is C11H22N2O3S. The van der Waals surface area contributed by atoms with Crippen molar-refractivity contribution in [2.45, 2.75) is 51.7 Å². The Hall–Kier alpha value is -0.170. The van der Waals surface area contributed by atoms with Gasteiger partial charge in [-0.1, -0.05) is 20.3 Å². The van der Waals surface area contributed by atoms with E-state index in [0.717, 1.165) is 19.3 Å². The Balaban J connectivity index is 1.98. The molecule has 2 N–H and O–H groups in total. The molecule has 0 bridgehead atoms. The lowest BCUT2D eigenvalue weighted by Gasteiger charge is -2.49. The van der Waals surface area contributed by atoms with Crippen LogP contribution in [0.5, 0.6) is 0 Å². The fourth-order valence-electron chi connectivity index (χ4n) is 2.46. The number of nitrogens with one attached hydrogen (secondary N) is 1. The molecule has 6 heteroatoms. The quantitative estimate of drug-likeness (QED) is 0.776. The topological polar surface area (TPSA) is 69.6 Å². The van der Waals surface area contributed by atoms with E-state index in [2.05, 4.69) is 4.72 Å². The molecule has 2 rings (SSSR count). The van der Waals surface area contributed by atoms with Crippen molar-refractivity contribution in [2.24, 2.45) is 5.41 Å². The van der Waals surface area contributed by atoms with Crippen LogP contribution in [-0.2, 0) is 10.2 Å². The van der Waals surface area contributed by atoms with Crippen molar-refractivity contribution in [1.82, 2.24) is 9.03 Å². The van der Waals surface area contributed by atoms with Gasteiger partial charge in [-0.3, -0.25) is 0 Å². The van der Waals surface area contributed by atoms with Crippen molar-refractivity contribution in [3.8, 4) is 0 Å². The highest BCUT2D eigenvalue weighted by Gasteiger charge is 2.49. The van der Waals surface area contributed by atoms with E-state index in [1.165, 1.54) is 4.31 Å². The molecule has 2 unspecified atom stereocenters. The van der Waals surface area contributed by atoms with Crippen molar-refractivity contribution < 1.29 is 13.5 Å². The van der Waals surface area contributed by atoms with E-state index >= 15 is 0 Å². The van der Waals surface area contributed by atoms with Gasteiger partial charge in [0.05, 0.1) is 6.10 Å². The average Bonchev–Trinajstić information content (AvgIpc) is 2.30. The first-order chi connectivity index (χ1) is 7.84. The normalized spacial score (nSPS) is 34.3. The van der Waals surface area contributed by atoms with Gasteiger partial charge in [0.1, 0.15) is 0 Å². The van der Waals surface area contributed by atoms with Gasteiger partial charge in [-0.15, -0.1) is 0 Å². The molecule has 0 aromatic carbocycles. The van der Waals surface area contributed by atoms with Gasteiger partial charge in [0.15, 0.2) is 0 Å². The smallest absolute Gasteiger partial charge is 0.279 e. The number of hydrogen-bond acceptors (Lipinski definition) is 3. The monoisotopic (exact) mass is 262 g/mol. The zero-order chi connectivity index (χ0) is 12.7. The molecule has 17 heavy (non-hydrogen) atoms. The van der Waals surface area contributed by atoms with Crippen LogP contribution in [0.3, 0.4) is 0 Å². The van der Waals surface area contributed by atoms with E-state index in [1.807, 2.05) is 13.8 Å². The minimum Gasteiger partial charge on any atom is -0.392 e. The molecule has 1 saturated carbocycles. The molecule has 0 amide bonds. The lowest BCUT2D eigenvalue weighted by atomic mass is 9.65. The summed E-state index contributed by atoms with van der Waals surface area (Å²) in [6, 6.07) is -0.149. The molecule has 0 spiro atoms. The second kappa shape index (κ2) is 4.50. The highest BCUT2D eigenvalue weighted by atomic mass is 32.2. The molecule has 5 nitrogen and oxygen atoms in total. The van der Waals surface area contributed by atoms with Crippen LogP contribution in [0.1, 0.15) is 39.5 Å². The highest BCUT2D eigenvalue weighted by Crippen LogP contribution is 2.40. The van der Waals surface area contributed by atoms with Crippen molar-refractivity contribution >= 4 is 10.2 Å². The maximum atomic E-state index is 12.1. The standard InChI is InChI=1S/C11H22N2O3S/c1-11(2)9(8-10(11)14)12-17(15,16)13-6-4-3-5-7-13/h9-10,12,14H,3-8H2,1-2H3. The summed E-state index contributed by atoms with van der Waals surface area (Å²) in [4.78, 5) is 0. The van der Waals surface area contributed by atoms with Gasteiger partial charge < -0.3 is 5.11 Å². The molecule has 100 valence electrons. The molecule has 1 saturated heterocycles. The molecule has 2 atom stereocenters. The van der Waals surface area contributed by atoms with Crippen LogP contribution in [0, 0.1) is 5.41 Å². The van der Waals surface area contributed by atoms with Gasteiger partial charge in [0, 0.05) is 24.5 Å². The van der Waals surface area contributed by atoms with Crippen molar-refractivity contribution in [3.63, 3.8) is 0 Å². The van der Waals surface area contributed by atoms with Crippen LogP contribution < -0.4 is 4.72 Å². The first kappa shape index (κ1) is 13.3. The van der Waals surface area contributed by atoms with E-state index in [9.17, 15) is 13.5 Å². The third-order valence-electron chi connectivity index (χ3n) is 4.16. The molecule has 0 aromatic rings. The van der Waals surface area contributed by atoms with Gasteiger partial charge in [-0.2, -0.15) is 17.4 Å². The fraction of sp³-hybridized carbons (Fsp3) is 1.00. The molecule has 0 aromatic heterocycles. The Bertz CT molecular complexity index is 374. The lowest BCUT2D eigenvalue weighted by Crippen LogP contribution is -2.63. The molecule has 1 heterocycles. The molecule has 0 radical (unpaired) electrons. The second-order valence-corrected chi connectivity index (χ2v) is 7.41. The van der Waals surface area contributed by atoms with E-state index < -0.39 is 16.3 Å². The van der Waals surface area contributed by atoms with Crippen LogP contribution in [-0.4, -0.2) is 43.1 Å². The maximum absolute atomic E-state index is 12.1. The third kappa shape index (κ3) is 2.50. The number of hydrogen-bond donors (Lipinski definition) is 2.